The number of benzene rings is 2. The highest BCUT2D eigenvalue weighted by Crippen LogP contribution is 2.21. The van der Waals surface area contributed by atoms with Crippen molar-refractivity contribution < 1.29 is 17.9 Å². The van der Waals surface area contributed by atoms with E-state index in [2.05, 4.69) is 5.32 Å². The van der Waals surface area contributed by atoms with Gasteiger partial charge in [0.25, 0.3) is 0 Å². The van der Waals surface area contributed by atoms with Crippen molar-refractivity contribution in [2.45, 2.75) is 13.2 Å². The molecule has 0 radical (unpaired) electrons. The molecule has 0 atom stereocenters. The van der Waals surface area contributed by atoms with Gasteiger partial charge in [-0.3, -0.25) is 0 Å². The van der Waals surface area contributed by atoms with Gasteiger partial charge in [-0.1, -0.05) is 24.3 Å². The van der Waals surface area contributed by atoms with Gasteiger partial charge in [0.2, 0.25) is 0 Å². The van der Waals surface area contributed by atoms with Gasteiger partial charge in [0.15, 0.2) is 11.6 Å². The standard InChI is InChI=1S/C15H14F3NO/c1-20-9-11-4-2-3-10(5-11)8-19-15-13(17)6-12(16)7-14(15)18/h2-7,19H,8-9H2,1H3. The second kappa shape index (κ2) is 6.43. The van der Waals surface area contributed by atoms with Crippen molar-refractivity contribution in [3.05, 3.63) is 65.0 Å². The molecule has 0 amide bonds. The summed E-state index contributed by atoms with van der Waals surface area (Å²) in [4.78, 5) is 0. The van der Waals surface area contributed by atoms with E-state index in [0.717, 1.165) is 11.1 Å². The summed E-state index contributed by atoms with van der Waals surface area (Å²) in [5, 5.41) is 2.64. The molecule has 0 unspecified atom stereocenters. The van der Waals surface area contributed by atoms with E-state index in [1.807, 2.05) is 24.3 Å². The van der Waals surface area contributed by atoms with Crippen molar-refractivity contribution in [1.29, 1.82) is 0 Å². The molecule has 0 bridgehead atoms. The molecule has 1 N–H and O–H groups in total. The lowest BCUT2D eigenvalue weighted by atomic mass is 10.1. The van der Waals surface area contributed by atoms with Crippen molar-refractivity contribution in [3.63, 3.8) is 0 Å². The van der Waals surface area contributed by atoms with Crippen molar-refractivity contribution in [1.82, 2.24) is 0 Å². The van der Waals surface area contributed by atoms with Gasteiger partial charge >= 0.3 is 0 Å². The van der Waals surface area contributed by atoms with Crippen molar-refractivity contribution in [3.8, 4) is 0 Å². The van der Waals surface area contributed by atoms with Gasteiger partial charge in [0.05, 0.1) is 6.61 Å². The van der Waals surface area contributed by atoms with Crippen molar-refractivity contribution in [2.75, 3.05) is 12.4 Å². The summed E-state index contributed by atoms with van der Waals surface area (Å²) >= 11 is 0. The molecule has 2 nitrogen and oxygen atoms in total. The zero-order valence-electron chi connectivity index (χ0n) is 10.9. The van der Waals surface area contributed by atoms with Crippen LogP contribution in [-0.4, -0.2) is 7.11 Å². The third-order valence-corrected chi connectivity index (χ3v) is 2.78. The fraction of sp³-hybridized carbons (Fsp3) is 0.200. The Labute approximate surface area is 115 Å². The summed E-state index contributed by atoms with van der Waals surface area (Å²) in [6.45, 7) is 0.699. The van der Waals surface area contributed by atoms with Crippen molar-refractivity contribution in [2.24, 2.45) is 0 Å². The van der Waals surface area contributed by atoms with Gasteiger partial charge in [0, 0.05) is 25.8 Å². The Morgan fingerprint density at radius 3 is 2.30 bits per heavy atom. The molecule has 0 aliphatic rings. The first-order valence-electron chi connectivity index (χ1n) is 6.05. The zero-order chi connectivity index (χ0) is 14.5. The monoisotopic (exact) mass is 281 g/mol. The normalized spacial score (nSPS) is 10.6. The Hall–Kier alpha value is -2.01. The Balaban J connectivity index is 2.11. The lowest BCUT2D eigenvalue weighted by Crippen LogP contribution is -2.05. The number of hydrogen-bond acceptors (Lipinski definition) is 2. The number of nitrogens with one attached hydrogen (secondary N) is 1. The fourth-order valence-electron chi connectivity index (χ4n) is 1.90. The highest BCUT2D eigenvalue weighted by atomic mass is 19.1. The van der Waals surface area contributed by atoms with E-state index in [-0.39, 0.29) is 12.2 Å². The van der Waals surface area contributed by atoms with Gasteiger partial charge in [-0.15, -0.1) is 0 Å². The van der Waals surface area contributed by atoms with Crippen molar-refractivity contribution >= 4 is 5.69 Å². The Morgan fingerprint density at radius 1 is 1.00 bits per heavy atom. The molecule has 0 spiro atoms. The lowest BCUT2D eigenvalue weighted by molar-refractivity contribution is 0.185. The third kappa shape index (κ3) is 3.51. The number of hydrogen-bond donors (Lipinski definition) is 1. The summed E-state index contributed by atoms with van der Waals surface area (Å²) in [6, 6.07) is 8.72. The molecule has 0 saturated heterocycles. The van der Waals surface area contributed by atoms with Crippen LogP contribution in [0.3, 0.4) is 0 Å². The summed E-state index contributed by atoms with van der Waals surface area (Å²) in [7, 11) is 1.59. The highest BCUT2D eigenvalue weighted by molar-refractivity contribution is 5.47. The van der Waals surface area contributed by atoms with Gasteiger partial charge in [-0.25, -0.2) is 13.2 Å². The van der Waals surface area contributed by atoms with Crippen LogP contribution in [-0.2, 0) is 17.9 Å². The quantitative estimate of drug-likeness (QED) is 0.898. The molecule has 0 saturated carbocycles. The molecule has 0 aliphatic heterocycles. The highest BCUT2D eigenvalue weighted by Gasteiger charge is 2.10. The van der Waals surface area contributed by atoms with Crippen LogP contribution in [0.5, 0.6) is 0 Å². The second-order valence-electron chi connectivity index (χ2n) is 4.35. The predicted molar refractivity (Wildman–Crippen MR) is 70.8 cm³/mol. The number of rotatable bonds is 5. The van der Waals surface area contributed by atoms with E-state index in [4.69, 9.17) is 4.74 Å². The molecule has 2 rings (SSSR count). The lowest BCUT2D eigenvalue weighted by Gasteiger charge is -2.10. The molecule has 2 aromatic carbocycles. The van der Waals surface area contributed by atoms with Crippen LogP contribution in [0, 0.1) is 17.5 Å². The minimum Gasteiger partial charge on any atom is -0.380 e. The zero-order valence-corrected chi connectivity index (χ0v) is 10.9. The molecule has 5 heteroatoms. The Kier molecular flexibility index (Phi) is 4.63. The largest absolute Gasteiger partial charge is 0.380 e. The smallest absolute Gasteiger partial charge is 0.152 e. The van der Waals surface area contributed by atoms with E-state index in [1.165, 1.54) is 0 Å². The first kappa shape index (κ1) is 14.4. The molecule has 2 aromatic rings. The number of anilines is 1. The van der Waals surface area contributed by atoms with Crippen LogP contribution in [0.4, 0.5) is 18.9 Å². The van der Waals surface area contributed by atoms with E-state index in [1.54, 1.807) is 7.11 Å². The van der Waals surface area contributed by atoms with E-state index in [9.17, 15) is 13.2 Å². The molecule has 0 heterocycles. The average molecular weight is 281 g/mol. The van der Waals surface area contributed by atoms with Crippen LogP contribution >= 0.6 is 0 Å². The topological polar surface area (TPSA) is 21.3 Å². The number of methoxy groups -OCH3 is 1. The molecule has 0 aromatic heterocycles. The maximum absolute atomic E-state index is 13.5. The van der Waals surface area contributed by atoms with E-state index >= 15 is 0 Å². The molecular formula is C15H14F3NO. The maximum atomic E-state index is 13.5. The number of halogens is 3. The summed E-state index contributed by atoms with van der Waals surface area (Å²) in [5.74, 6) is -2.83. The average Bonchev–Trinajstić information content (AvgIpc) is 2.38. The first-order chi connectivity index (χ1) is 9.60. The van der Waals surface area contributed by atoms with Gasteiger partial charge in [0.1, 0.15) is 11.5 Å². The van der Waals surface area contributed by atoms with Crippen LogP contribution in [0.25, 0.3) is 0 Å². The van der Waals surface area contributed by atoms with Gasteiger partial charge < -0.3 is 10.1 Å². The fourth-order valence-corrected chi connectivity index (χ4v) is 1.90. The van der Waals surface area contributed by atoms with Crippen LogP contribution in [0.2, 0.25) is 0 Å². The summed E-state index contributed by atoms with van der Waals surface area (Å²) in [5.41, 5.74) is 1.48. The molecule has 0 fully saturated rings. The SMILES string of the molecule is COCc1cccc(CNc2c(F)cc(F)cc2F)c1. The van der Waals surface area contributed by atoms with Gasteiger partial charge in [-0.2, -0.15) is 0 Å². The molecular weight excluding hydrogens is 267 g/mol. The summed E-state index contributed by atoms with van der Waals surface area (Å²) in [6.07, 6.45) is 0. The molecule has 0 aliphatic carbocycles. The minimum atomic E-state index is -0.949. The predicted octanol–water partition coefficient (Wildman–Crippen LogP) is 3.86. The van der Waals surface area contributed by atoms with Crippen LogP contribution < -0.4 is 5.32 Å². The van der Waals surface area contributed by atoms with Crippen LogP contribution in [0.1, 0.15) is 11.1 Å². The third-order valence-electron chi connectivity index (χ3n) is 2.78. The Morgan fingerprint density at radius 2 is 1.65 bits per heavy atom. The second-order valence-corrected chi connectivity index (χ2v) is 4.35. The Bertz CT molecular complexity index is 578. The van der Waals surface area contributed by atoms with E-state index < -0.39 is 17.5 Å². The van der Waals surface area contributed by atoms with Gasteiger partial charge in [-0.05, 0) is 11.1 Å². The summed E-state index contributed by atoms with van der Waals surface area (Å²) < 4.78 is 44.7. The maximum Gasteiger partial charge on any atom is 0.152 e. The molecule has 106 valence electrons. The first-order valence-corrected chi connectivity index (χ1v) is 6.05. The minimum absolute atomic E-state index is 0.233. The molecule has 20 heavy (non-hydrogen) atoms. The van der Waals surface area contributed by atoms with Crippen LogP contribution in [0.15, 0.2) is 36.4 Å². The number of ether oxygens (including phenoxy) is 1. The van der Waals surface area contributed by atoms with E-state index in [0.29, 0.717) is 18.7 Å².